The molecule has 0 bridgehead atoms. The third-order valence-electron chi connectivity index (χ3n) is 6.51. The molecule has 5 rings (SSSR count). The summed E-state index contributed by atoms with van der Waals surface area (Å²) in [4.78, 5) is 25.8. The Bertz CT molecular complexity index is 1200. The zero-order valence-electron chi connectivity index (χ0n) is 19.4. The van der Waals surface area contributed by atoms with E-state index in [0.29, 0.717) is 36.1 Å². The van der Waals surface area contributed by atoms with Crippen molar-refractivity contribution in [3.8, 4) is 17.2 Å². The van der Waals surface area contributed by atoms with Crippen molar-refractivity contribution >= 4 is 23.2 Å². The van der Waals surface area contributed by atoms with Crippen molar-refractivity contribution in [2.24, 2.45) is 0 Å². The van der Waals surface area contributed by atoms with Gasteiger partial charge in [0.25, 0.3) is 5.91 Å². The Hall–Kier alpha value is -4.00. The van der Waals surface area contributed by atoms with Gasteiger partial charge in [0.05, 0.1) is 5.41 Å². The summed E-state index contributed by atoms with van der Waals surface area (Å²) >= 11 is 0. The molecule has 1 heterocycles. The van der Waals surface area contributed by atoms with Gasteiger partial charge in [0.1, 0.15) is 19.0 Å². The van der Waals surface area contributed by atoms with E-state index in [0.717, 1.165) is 37.0 Å². The van der Waals surface area contributed by atoms with Crippen molar-refractivity contribution in [2.45, 2.75) is 31.1 Å². The van der Waals surface area contributed by atoms with Crippen LogP contribution in [0.3, 0.4) is 0 Å². The van der Waals surface area contributed by atoms with Gasteiger partial charge in [0.2, 0.25) is 5.91 Å². The fraction of sp³-hybridized carbons (Fsp3) is 0.286. The number of anilines is 2. The molecule has 1 aliphatic carbocycles. The van der Waals surface area contributed by atoms with Crippen molar-refractivity contribution in [2.75, 3.05) is 30.5 Å². The van der Waals surface area contributed by atoms with E-state index in [1.165, 1.54) is 0 Å². The first kappa shape index (κ1) is 22.8. The summed E-state index contributed by atoms with van der Waals surface area (Å²) in [7, 11) is 0. The van der Waals surface area contributed by atoms with Crippen LogP contribution in [-0.2, 0) is 15.0 Å². The molecule has 3 aromatic carbocycles. The number of ether oxygens (including phenoxy) is 3. The molecule has 0 unspecified atom stereocenters. The van der Waals surface area contributed by atoms with Gasteiger partial charge in [-0.15, -0.1) is 0 Å². The Morgan fingerprint density at radius 1 is 0.800 bits per heavy atom. The van der Waals surface area contributed by atoms with Gasteiger partial charge < -0.3 is 24.8 Å². The Balaban J connectivity index is 1.26. The van der Waals surface area contributed by atoms with Gasteiger partial charge in [-0.05, 0) is 54.8 Å². The van der Waals surface area contributed by atoms with Gasteiger partial charge in [-0.25, -0.2) is 0 Å². The lowest BCUT2D eigenvalue weighted by atomic mass is 9.77. The van der Waals surface area contributed by atoms with Crippen LogP contribution in [0.5, 0.6) is 17.2 Å². The minimum absolute atomic E-state index is 0.0503. The standard InChI is InChI=1S/C28H28N2O5/c31-26(29-21-7-2-1-3-8-21)19-35-23-10-6-9-22(18-23)30-27(32)28(13-4-5-14-28)20-11-12-24-25(17-20)34-16-15-33-24/h1-3,6-12,17-18H,4-5,13-16,19H2,(H,29,31)(H,30,32). The number of fused-ring (bicyclic) bond motifs is 1. The maximum atomic E-state index is 13.6. The number of para-hydroxylation sites is 1. The highest BCUT2D eigenvalue weighted by molar-refractivity contribution is 5.99. The lowest BCUT2D eigenvalue weighted by Gasteiger charge is -2.30. The van der Waals surface area contributed by atoms with Crippen LogP contribution in [0, 0.1) is 0 Å². The minimum atomic E-state index is -0.623. The van der Waals surface area contributed by atoms with Gasteiger partial charge in [0.15, 0.2) is 18.1 Å². The molecule has 7 heteroatoms. The maximum Gasteiger partial charge on any atom is 0.262 e. The molecule has 0 spiro atoms. The third kappa shape index (κ3) is 5.09. The summed E-state index contributed by atoms with van der Waals surface area (Å²) in [5, 5.41) is 5.87. The van der Waals surface area contributed by atoms with Crippen molar-refractivity contribution < 1.29 is 23.8 Å². The van der Waals surface area contributed by atoms with E-state index in [2.05, 4.69) is 10.6 Å². The smallest absolute Gasteiger partial charge is 0.262 e. The van der Waals surface area contributed by atoms with Gasteiger partial charge >= 0.3 is 0 Å². The number of carbonyl (C=O) groups is 2. The number of carbonyl (C=O) groups excluding carboxylic acids is 2. The number of rotatable bonds is 7. The third-order valence-corrected chi connectivity index (χ3v) is 6.51. The van der Waals surface area contributed by atoms with E-state index < -0.39 is 5.41 Å². The highest BCUT2D eigenvalue weighted by Gasteiger charge is 2.43. The van der Waals surface area contributed by atoms with E-state index >= 15 is 0 Å². The fourth-order valence-corrected chi connectivity index (χ4v) is 4.75. The van der Waals surface area contributed by atoms with Crippen LogP contribution in [0.1, 0.15) is 31.2 Å². The second-order valence-corrected chi connectivity index (χ2v) is 8.83. The molecule has 1 fully saturated rings. The first-order valence-electron chi connectivity index (χ1n) is 11.9. The molecule has 2 N–H and O–H groups in total. The van der Waals surface area contributed by atoms with Gasteiger partial charge in [0, 0.05) is 17.4 Å². The Kier molecular flexibility index (Phi) is 6.57. The van der Waals surface area contributed by atoms with E-state index in [1.54, 1.807) is 18.2 Å². The molecular weight excluding hydrogens is 444 g/mol. The first-order chi connectivity index (χ1) is 17.1. The summed E-state index contributed by atoms with van der Waals surface area (Å²) in [5.74, 6) is 1.61. The molecule has 2 aliphatic rings. The first-order valence-corrected chi connectivity index (χ1v) is 11.9. The van der Waals surface area contributed by atoms with Crippen molar-refractivity contribution in [3.63, 3.8) is 0 Å². The van der Waals surface area contributed by atoms with E-state index in [9.17, 15) is 9.59 Å². The normalized spacial score (nSPS) is 15.8. The van der Waals surface area contributed by atoms with Crippen LogP contribution in [0.2, 0.25) is 0 Å². The number of hydrogen-bond donors (Lipinski definition) is 2. The molecule has 35 heavy (non-hydrogen) atoms. The predicted octanol–water partition coefficient (Wildman–Crippen LogP) is 4.93. The van der Waals surface area contributed by atoms with Gasteiger partial charge in [-0.2, -0.15) is 0 Å². The largest absolute Gasteiger partial charge is 0.486 e. The van der Waals surface area contributed by atoms with Gasteiger partial charge in [-0.1, -0.05) is 43.2 Å². The summed E-state index contributed by atoms with van der Waals surface area (Å²) in [6, 6.07) is 22.2. The second kappa shape index (κ2) is 10.1. The van der Waals surface area contributed by atoms with Crippen LogP contribution in [0.25, 0.3) is 0 Å². The number of amides is 2. The number of hydrogen-bond acceptors (Lipinski definition) is 5. The van der Waals surface area contributed by atoms with Crippen LogP contribution in [0.4, 0.5) is 11.4 Å². The summed E-state index contributed by atoms with van der Waals surface area (Å²) < 4.78 is 17.1. The topological polar surface area (TPSA) is 85.9 Å². The van der Waals surface area contributed by atoms with Crippen molar-refractivity contribution in [1.29, 1.82) is 0 Å². The Labute approximate surface area is 204 Å². The van der Waals surface area contributed by atoms with Crippen LogP contribution >= 0.6 is 0 Å². The van der Waals surface area contributed by atoms with Crippen LogP contribution in [-0.4, -0.2) is 31.6 Å². The average molecular weight is 473 g/mol. The zero-order chi connectivity index (χ0) is 24.1. The van der Waals surface area contributed by atoms with Gasteiger partial charge in [-0.3, -0.25) is 9.59 Å². The molecule has 1 saturated carbocycles. The predicted molar refractivity (Wildman–Crippen MR) is 133 cm³/mol. The molecule has 0 atom stereocenters. The fourth-order valence-electron chi connectivity index (χ4n) is 4.75. The zero-order valence-corrected chi connectivity index (χ0v) is 19.4. The highest BCUT2D eigenvalue weighted by Crippen LogP contribution is 2.45. The molecule has 180 valence electrons. The van der Waals surface area contributed by atoms with E-state index in [1.807, 2.05) is 54.6 Å². The molecule has 1 aliphatic heterocycles. The molecule has 0 saturated heterocycles. The van der Waals surface area contributed by atoms with E-state index in [4.69, 9.17) is 14.2 Å². The average Bonchev–Trinajstić information content (AvgIpc) is 3.40. The van der Waals surface area contributed by atoms with E-state index in [-0.39, 0.29) is 18.4 Å². The molecular formula is C28H28N2O5. The second-order valence-electron chi connectivity index (χ2n) is 8.83. The summed E-state index contributed by atoms with van der Waals surface area (Å²) in [6.07, 6.45) is 3.52. The quantitative estimate of drug-likeness (QED) is 0.510. The summed E-state index contributed by atoms with van der Waals surface area (Å²) in [6.45, 7) is 0.906. The molecule has 2 amide bonds. The maximum absolute atomic E-state index is 13.6. The SMILES string of the molecule is O=C(COc1cccc(NC(=O)C2(c3ccc4c(c3)OCCO4)CCCC2)c1)Nc1ccccc1. The monoisotopic (exact) mass is 472 g/mol. The lowest BCUT2D eigenvalue weighted by molar-refractivity contribution is -0.121. The Morgan fingerprint density at radius 3 is 2.34 bits per heavy atom. The van der Waals surface area contributed by atoms with Crippen molar-refractivity contribution in [1.82, 2.24) is 0 Å². The van der Waals surface area contributed by atoms with Crippen molar-refractivity contribution in [3.05, 3.63) is 78.4 Å². The Morgan fingerprint density at radius 2 is 1.54 bits per heavy atom. The molecule has 3 aromatic rings. The lowest BCUT2D eigenvalue weighted by Crippen LogP contribution is -2.38. The molecule has 0 aromatic heterocycles. The molecule has 7 nitrogen and oxygen atoms in total. The van der Waals surface area contributed by atoms with Crippen LogP contribution in [0.15, 0.2) is 72.8 Å². The highest BCUT2D eigenvalue weighted by atomic mass is 16.6. The number of nitrogens with one attached hydrogen (secondary N) is 2. The molecule has 0 radical (unpaired) electrons. The van der Waals surface area contributed by atoms with Crippen LogP contribution < -0.4 is 24.8 Å². The minimum Gasteiger partial charge on any atom is -0.486 e. The summed E-state index contributed by atoms with van der Waals surface area (Å²) in [5.41, 5.74) is 1.66. The number of benzene rings is 3.